The molecule has 1 fully saturated rings. The molecule has 1 saturated carbocycles. The van der Waals surface area contributed by atoms with E-state index in [9.17, 15) is 0 Å². The molecule has 0 bridgehead atoms. The van der Waals surface area contributed by atoms with Crippen LogP contribution in [0, 0.1) is 11.8 Å². The van der Waals surface area contributed by atoms with Crippen LogP contribution in [0.15, 0.2) is 16.8 Å². The lowest BCUT2D eigenvalue weighted by atomic mass is 9.77. The van der Waals surface area contributed by atoms with Crippen LogP contribution in [0.25, 0.3) is 0 Å². The van der Waals surface area contributed by atoms with Crippen molar-refractivity contribution in [3.8, 4) is 0 Å². The Hall–Kier alpha value is -0.0100. The summed E-state index contributed by atoms with van der Waals surface area (Å²) in [5.41, 5.74) is 1.48. The third kappa shape index (κ3) is 3.24. The van der Waals surface area contributed by atoms with Gasteiger partial charge in [0.25, 0.3) is 0 Å². The molecule has 0 saturated heterocycles. The summed E-state index contributed by atoms with van der Waals surface area (Å²) in [6.07, 6.45) is 7.82. The quantitative estimate of drug-likeness (QED) is 0.657. The largest absolute Gasteiger partial charge is 0.152 e. The molecule has 0 radical (unpaired) electrons. The van der Waals surface area contributed by atoms with Gasteiger partial charge in [0.1, 0.15) is 0 Å². The standard InChI is InChI=1S/C14H21ClS/c1-2-3-11-4-5-14(15)13(8-11)9-12-6-7-16-10-12/h6-7,10-11,13-14H,2-5,8-9H2,1H3. The summed E-state index contributed by atoms with van der Waals surface area (Å²) in [6, 6.07) is 2.25. The van der Waals surface area contributed by atoms with Crippen LogP contribution >= 0.6 is 22.9 Å². The average molecular weight is 257 g/mol. The lowest BCUT2D eigenvalue weighted by Crippen LogP contribution is -2.27. The summed E-state index contributed by atoms with van der Waals surface area (Å²) in [4.78, 5) is 0. The van der Waals surface area contributed by atoms with Crippen molar-refractivity contribution in [2.24, 2.45) is 11.8 Å². The van der Waals surface area contributed by atoms with Gasteiger partial charge in [-0.2, -0.15) is 11.3 Å². The zero-order valence-corrected chi connectivity index (χ0v) is 11.6. The molecule has 0 aliphatic heterocycles. The summed E-state index contributed by atoms with van der Waals surface area (Å²) in [6.45, 7) is 2.29. The Morgan fingerprint density at radius 2 is 2.31 bits per heavy atom. The minimum absolute atomic E-state index is 0.410. The normalized spacial score (nSPS) is 30.5. The van der Waals surface area contributed by atoms with Crippen molar-refractivity contribution in [2.75, 3.05) is 0 Å². The first kappa shape index (κ1) is 12.4. The molecule has 0 nitrogen and oxygen atoms in total. The Balaban J connectivity index is 1.91. The van der Waals surface area contributed by atoms with Gasteiger partial charge < -0.3 is 0 Å². The summed E-state index contributed by atoms with van der Waals surface area (Å²) < 4.78 is 0. The van der Waals surface area contributed by atoms with Gasteiger partial charge in [-0.05, 0) is 59.9 Å². The lowest BCUT2D eigenvalue weighted by Gasteiger charge is -2.32. The van der Waals surface area contributed by atoms with Crippen LogP contribution in [0.5, 0.6) is 0 Å². The van der Waals surface area contributed by atoms with E-state index in [0.29, 0.717) is 11.3 Å². The first-order chi connectivity index (χ1) is 7.79. The summed E-state index contributed by atoms with van der Waals surface area (Å²) in [5.74, 6) is 1.64. The van der Waals surface area contributed by atoms with Crippen LogP contribution in [0.4, 0.5) is 0 Å². The van der Waals surface area contributed by atoms with E-state index in [-0.39, 0.29) is 0 Å². The fourth-order valence-corrected chi connectivity index (χ4v) is 3.92. The van der Waals surface area contributed by atoms with E-state index in [1.807, 2.05) is 0 Å². The van der Waals surface area contributed by atoms with Gasteiger partial charge in [-0.15, -0.1) is 11.6 Å². The van der Waals surface area contributed by atoms with Crippen molar-refractivity contribution < 1.29 is 0 Å². The number of alkyl halides is 1. The Morgan fingerprint density at radius 3 is 3.00 bits per heavy atom. The number of hydrogen-bond donors (Lipinski definition) is 0. The Kier molecular flexibility index (Phi) is 4.72. The fourth-order valence-electron chi connectivity index (χ4n) is 2.92. The SMILES string of the molecule is CCCC1CCC(Cl)C(Cc2ccsc2)C1. The van der Waals surface area contributed by atoms with Crippen molar-refractivity contribution in [3.05, 3.63) is 22.4 Å². The van der Waals surface area contributed by atoms with Gasteiger partial charge >= 0.3 is 0 Å². The molecule has 0 N–H and O–H groups in total. The maximum atomic E-state index is 6.47. The van der Waals surface area contributed by atoms with Crippen molar-refractivity contribution in [3.63, 3.8) is 0 Å². The predicted molar refractivity (Wildman–Crippen MR) is 73.4 cm³/mol. The predicted octanol–water partition coefficient (Wildman–Crippen LogP) is 5.11. The maximum absolute atomic E-state index is 6.47. The van der Waals surface area contributed by atoms with E-state index in [4.69, 9.17) is 11.6 Å². The second kappa shape index (κ2) is 6.07. The van der Waals surface area contributed by atoms with Gasteiger partial charge in [0.2, 0.25) is 0 Å². The smallest absolute Gasteiger partial charge is 0.0367 e. The molecule has 0 aromatic carbocycles. The molecule has 1 aromatic heterocycles. The lowest BCUT2D eigenvalue weighted by molar-refractivity contribution is 0.257. The highest BCUT2D eigenvalue weighted by Crippen LogP contribution is 2.37. The minimum atomic E-state index is 0.410. The van der Waals surface area contributed by atoms with E-state index in [2.05, 4.69) is 23.8 Å². The van der Waals surface area contributed by atoms with Crippen LogP contribution in [0.2, 0.25) is 0 Å². The Bertz CT molecular complexity index is 294. The van der Waals surface area contributed by atoms with Crippen LogP contribution in [-0.4, -0.2) is 5.38 Å². The Morgan fingerprint density at radius 1 is 1.44 bits per heavy atom. The van der Waals surface area contributed by atoms with Crippen LogP contribution in [0.1, 0.15) is 44.6 Å². The second-order valence-electron chi connectivity index (χ2n) is 5.08. The molecule has 1 aliphatic carbocycles. The topological polar surface area (TPSA) is 0 Å². The van der Waals surface area contributed by atoms with E-state index >= 15 is 0 Å². The first-order valence-corrected chi connectivity index (χ1v) is 7.82. The van der Waals surface area contributed by atoms with Crippen molar-refractivity contribution in [1.29, 1.82) is 0 Å². The molecule has 0 spiro atoms. The van der Waals surface area contributed by atoms with Crippen molar-refractivity contribution >= 4 is 22.9 Å². The summed E-state index contributed by atoms with van der Waals surface area (Å²) >= 11 is 8.27. The van der Waals surface area contributed by atoms with Gasteiger partial charge in [0.15, 0.2) is 0 Å². The van der Waals surface area contributed by atoms with Crippen molar-refractivity contribution in [1.82, 2.24) is 0 Å². The van der Waals surface area contributed by atoms with Gasteiger partial charge in [0, 0.05) is 5.38 Å². The zero-order valence-electron chi connectivity index (χ0n) is 9.99. The van der Waals surface area contributed by atoms with Gasteiger partial charge in [-0.3, -0.25) is 0 Å². The fraction of sp³-hybridized carbons (Fsp3) is 0.714. The molecule has 90 valence electrons. The number of halogens is 1. The second-order valence-corrected chi connectivity index (χ2v) is 6.42. The maximum Gasteiger partial charge on any atom is 0.0367 e. The monoisotopic (exact) mass is 256 g/mol. The van der Waals surface area contributed by atoms with Gasteiger partial charge in [-0.1, -0.05) is 19.8 Å². The molecular formula is C14H21ClS. The molecular weight excluding hydrogens is 236 g/mol. The number of rotatable bonds is 4. The highest BCUT2D eigenvalue weighted by molar-refractivity contribution is 7.07. The molecule has 3 atom stereocenters. The highest BCUT2D eigenvalue weighted by Gasteiger charge is 2.28. The highest BCUT2D eigenvalue weighted by atomic mass is 35.5. The summed E-state index contributed by atoms with van der Waals surface area (Å²) in [5, 5.41) is 4.85. The van der Waals surface area contributed by atoms with Crippen LogP contribution in [-0.2, 0) is 6.42 Å². The van der Waals surface area contributed by atoms with Gasteiger partial charge in [0.05, 0.1) is 0 Å². The number of thiophene rings is 1. The molecule has 1 aromatic rings. The molecule has 3 unspecified atom stereocenters. The van der Waals surface area contributed by atoms with Crippen LogP contribution in [0.3, 0.4) is 0 Å². The van der Waals surface area contributed by atoms with E-state index in [1.54, 1.807) is 11.3 Å². The third-order valence-electron chi connectivity index (χ3n) is 3.77. The molecule has 1 aliphatic rings. The first-order valence-electron chi connectivity index (χ1n) is 6.44. The van der Waals surface area contributed by atoms with Gasteiger partial charge in [-0.25, -0.2) is 0 Å². The molecule has 1 heterocycles. The average Bonchev–Trinajstić information content (AvgIpc) is 2.76. The number of hydrogen-bond acceptors (Lipinski definition) is 1. The van der Waals surface area contributed by atoms with E-state index < -0.39 is 0 Å². The van der Waals surface area contributed by atoms with E-state index in [1.165, 1.54) is 44.1 Å². The van der Waals surface area contributed by atoms with E-state index in [0.717, 1.165) is 5.92 Å². The molecule has 2 heteroatoms. The molecule has 16 heavy (non-hydrogen) atoms. The van der Waals surface area contributed by atoms with Crippen molar-refractivity contribution in [2.45, 2.75) is 50.8 Å². The Labute approximate surface area is 108 Å². The molecule has 0 amide bonds. The third-order valence-corrected chi connectivity index (χ3v) is 5.08. The van der Waals surface area contributed by atoms with Crippen LogP contribution < -0.4 is 0 Å². The summed E-state index contributed by atoms with van der Waals surface area (Å²) in [7, 11) is 0. The minimum Gasteiger partial charge on any atom is -0.152 e. The molecule has 2 rings (SSSR count). The zero-order chi connectivity index (χ0) is 11.4.